The first-order chi connectivity index (χ1) is 10.0. The van der Waals surface area contributed by atoms with Gasteiger partial charge in [-0.05, 0) is 32.0 Å². The molecule has 1 atom stereocenters. The zero-order valence-corrected chi connectivity index (χ0v) is 12.3. The summed E-state index contributed by atoms with van der Waals surface area (Å²) in [4.78, 5) is 17.1. The molecule has 0 saturated heterocycles. The summed E-state index contributed by atoms with van der Waals surface area (Å²) in [7, 11) is 0. The number of nitrogens with zero attached hydrogens (tertiary/aromatic N) is 2. The van der Waals surface area contributed by atoms with E-state index >= 15 is 0 Å². The second-order valence-electron chi connectivity index (χ2n) is 4.71. The van der Waals surface area contributed by atoms with Crippen LogP contribution < -0.4 is 5.32 Å². The van der Waals surface area contributed by atoms with Gasteiger partial charge in [-0.1, -0.05) is 6.07 Å². The Labute approximate surface area is 124 Å². The van der Waals surface area contributed by atoms with E-state index in [0.717, 1.165) is 4.88 Å². The first-order valence-corrected chi connectivity index (χ1v) is 7.23. The molecule has 6 nitrogen and oxygen atoms in total. The van der Waals surface area contributed by atoms with Crippen molar-refractivity contribution in [1.29, 1.82) is 0 Å². The van der Waals surface area contributed by atoms with E-state index in [2.05, 4.69) is 16.4 Å². The van der Waals surface area contributed by atoms with Crippen LogP contribution in [0.3, 0.4) is 0 Å². The summed E-state index contributed by atoms with van der Waals surface area (Å²) in [5.41, 5.74) is 0.616. The largest absolute Gasteiger partial charge is 0.423 e. The molecule has 2 heterocycles. The van der Waals surface area contributed by atoms with Gasteiger partial charge in [-0.2, -0.15) is 4.98 Å². The molecule has 1 unspecified atom stereocenters. The maximum atomic E-state index is 11.0. The van der Waals surface area contributed by atoms with Crippen molar-refractivity contribution in [2.45, 2.75) is 19.9 Å². The number of thiophene rings is 1. The summed E-state index contributed by atoms with van der Waals surface area (Å²) in [5, 5.41) is 14.1. The van der Waals surface area contributed by atoms with Gasteiger partial charge in [-0.15, -0.1) is 11.3 Å². The monoisotopic (exact) mass is 303 g/mol. The lowest BCUT2D eigenvalue weighted by Crippen LogP contribution is -2.04. The average molecular weight is 303 g/mol. The molecule has 2 aromatic heterocycles. The summed E-state index contributed by atoms with van der Waals surface area (Å²) in [6.07, 6.45) is 0. The van der Waals surface area contributed by atoms with Crippen molar-refractivity contribution in [3.63, 3.8) is 0 Å². The minimum absolute atomic E-state index is 0.0239. The van der Waals surface area contributed by atoms with Crippen LogP contribution in [0.5, 0.6) is 0 Å². The summed E-state index contributed by atoms with van der Waals surface area (Å²) >= 11 is 1.69. The van der Waals surface area contributed by atoms with Crippen LogP contribution in [0.4, 0.5) is 11.7 Å². The molecule has 3 aromatic rings. The third-order valence-corrected chi connectivity index (χ3v) is 4.31. The van der Waals surface area contributed by atoms with E-state index < -0.39 is 4.92 Å². The van der Waals surface area contributed by atoms with Gasteiger partial charge in [0.05, 0.1) is 11.0 Å². The summed E-state index contributed by atoms with van der Waals surface area (Å²) < 4.78 is 5.54. The zero-order valence-electron chi connectivity index (χ0n) is 11.5. The topological polar surface area (TPSA) is 81.2 Å². The van der Waals surface area contributed by atoms with Gasteiger partial charge in [0, 0.05) is 15.8 Å². The summed E-state index contributed by atoms with van der Waals surface area (Å²) in [6, 6.07) is 9.08. The van der Waals surface area contributed by atoms with Crippen molar-refractivity contribution in [1.82, 2.24) is 4.98 Å². The first kappa shape index (κ1) is 13.6. The van der Waals surface area contributed by atoms with E-state index in [0.29, 0.717) is 5.58 Å². The molecule has 0 bridgehead atoms. The normalized spacial score (nSPS) is 12.5. The highest BCUT2D eigenvalue weighted by Crippen LogP contribution is 2.30. The van der Waals surface area contributed by atoms with Gasteiger partial charge in [-0.3, -0.25) is 10.1 Å². The Morgan fingerprint density at radius 2 is 2.19 bits per heavy atom. The van der Waals surface area contributed by atoms with Crippen molar-refractivity contribution in [2.24, 2.45) is 0 Å². The van der Waals surface area contributed by atoms with Crippen molar-refractivity contribution in [2.75, 3.05) is 5.32 Å². The minimum Gasteiger partial charge on any atom is -0.423 e. The lowest BCUT2D eigenvalue weighted by atomic mass is 10.3. The van der Waals surface area contributed by atoms with Crippen LogP contribution in [0.2, 0.25) is 0 Å². The Balaban J connectivity index is 1.91. The van der Waals surface area contributed by atoms with E-state index in [4.69, 9.17) is 4.42 Å². The number of hydrogen-bond acceptors (Lipinski definition) is 6. The predicted molar refractivity (Wildman–Crippen MR) is 81.8 cm³/mol. The molecular weight excluding hydrogens is 290 g/mol. The lowest BCUT2D eigenvalue weighted by molar-refractivity contribution is -0.383. The van der Waals surface area contributed by atoms with E-state index in [1.807, 2.05) is 19.9 Å². The molecule has 21 heavy (non-hydrogen) atoms. The molecule has 7 heteroatoms. The average Bonchev–Trinajstić information content (AvgIpc) is 3.03. The molecule has 3 rings (SSSR count). The Hall–Kier alpha value is -2.41. The standard InChI is InChI=1S/C14H13N3O3S/c1-8-6-7-12(21-8)9(2)15-14-16-13-10(17(18)19)4-3-5-11(13)20-14/h3-7,9H,1-2H3,(H,15,16). The highest BCUT2D eigenvalue weighted by Gasteiger charge is 2.18. The maximum absolute atomic E-state index is 11.0. The predicted octanol–water partition coefficient (Wildman–Crippen LogP) is 4.28. The van der Waals surface area contributed by atoms with Crippen molar-refractivity contribution in [3.8, 4) is 0 Å². The summed E-state index contributed by atoms with van der Waals surface area (Å²) in [6.45, 7) is 4.04. The highest BCUT2D eigenvalue weighted by molar-refractivity contribution is 7.12. The van der Waals surface area contributed by atoms with Gasteiger partial charge >= 0.3 is 0 Å². The van der Waals surface area contributed by atoms with Crippen molar-refractivity contribution < 1.29 is 9.34 Å². The molecule has 0 radical (unpaired) electrons. The van der Waals surface area contributed by atoms with E-state index in [1.165, 1.54) is 10.9 Å². The lowest BCUT2D eigenvalue weighted by Gasteiger charge is -2.09. The summed E-state index contributed by atoms with van der Waals surface area (Å²) in [5.74, 6) is 0. The van der Waals surface area contributed by atoms with Gasteiger partial charge < -0.3 is 9.73 Å². The molecule has 0 amide bonds. The smallest absolute Gasteiger partial charge is 0.298 e. The molecule has 108 valence electrons. The number of hydrogen-bond donors (Lipinski definition) is 1. The van der Waals surface area contributed by atoms with E-state index in [1.54, 1.807) is 23.5 Å². The SMILES string of the molecule is Cc1ccc(C(C)Nc2nc3c([N+](=O)[O-])cccc3o2)s1. The van der Waals surface area contributed by atoms with E-state index in [9.17, 15) is 10.1 Å². The number of fused-ring (bicyclic) bond motifs is 1. The fourth-order valence-electron chi connectivity index (χ4n) is 2.09. The molecule has 0 aliphatic heterocycles. The van der Waals surface area contributed by atoms with Gasteiger partial charge in [0.15, 0.2) is 11.1 Å². The number of aromatic nitrogens is 1. The first-order valence-electron chi connectivity index (χ1n) is 6.41. The molecule has 0 aliphatic carbocycles. The maximum Gasteiger partial charge on any atom is 0.298 e. The van der Waals surface area contributed by atoms with Crippen molar-refractivity contribution in [3.05, 3.63) is 50.2 Å². The van der Waals surface area contributed by atoms with Crippen LogP contribution in [0.1, 0.15) is 22.7 Å². The van der Waals surface area contributed by atoms with Gasteiger partial charge in [0.2, 0.25) is 0 Å². The Kier molecular flexibility index (Phi) is 3.34. The van der Waals surface area contributed by atoms with Crippen LogP contribution in [0, 0.1) is 17.0 Å². The number of nitro groups is 1. The second kappa shape index (κ2) is 5.17. The Morgan fingerprint density at radius 1 is 1.38 bits per heavy atom. The van der Waals surface area contributed by atoms with Gasteiger partial charge in [-0.25, -0.2) is 0 Å². The van der Waals surface area contributed by atoms with Crippen molar-refractivity contribution >= 4 is 34.1 Å². The molecule has 0 spiro atoms. The van der Waals surface area contributed by atoms with Crippen LogP contribution >= 0.6 is 11.3 Å². The van der Waals surface area contributed by atoms with Crippen LogP contribution in [-0.4, -0.2) is 9.91 Å². The Bertz CT molecular complexity index is 809. The molecule has 1 aromatic carbocycles. The Morgan fingerprint density at radius 3 is 2.86 bits per heavy atom. The third-order valence-electron chi connectivity index (χ3n) is 3.12. The van der Waals surface area contributed by atoms with Crippen LogP contribution in [0.15, 0.2) is 34.7 Å². The quantitative estimate of drug-likeness (QED) is 0.574. The number of non-ortho nitro benzene ring substituents is 1. The fraction of sp³-hybridized carbons (Fsp3) is 0.214. The third kappa shape index (κ3) is 2.59. The number of aryl methyl sites for hydroxylation is 1. The number of oxazole rings is 1. The number of nitrogens with one attached hydrogen (secondary N) is 1. The number of rotatable bonds is 4. The van der Waals surface area contributed by atoms with Crippen LogP contribution in [-0.2, 0) is 0 Å². The molecule has 1 N–H and O–H groups in total. The fourth-order valence-corrected chi connectivity index (χ4v) is 2.97. The van der Waals surface area contributed by atoms with Crippen LogP contribution in [0.25, 0.3) is 11.1 Å². The van der Waals surface area contributed by atoms with Gasteiger partial charge in [0.1, 0.15) is 0 Å². The highest BCUT2D eigenvalue weighted by atomic mass is 32.1. The molecule has 0 fully saturated rings. The molecule has 0 aliphatic rings. The minimum atomic E-state index is -0.458. The number of benzene rings is 1. The number of para-hydroxylation sites is 1. The van der Waals surface area contributed by atoms with E-state index in [-0.39, 0.29) is 23.3 Å². The zero-order chi connectivity index (χ0) is 15.0. The number of anilines is 1. The molecular formula is C14H13N3O3S. The second-order valence-corrected chi connectivity index (χ2v) is 6.03. The molecule has 0 saturated carbocycles. The number of nitro benzene ring substituents is 1. The van der Waals surface area contributed by atoms with Gasteiger partial charge in [0.25, 0.3) is 11.7 Å².